The second kappa shape index (κ2) is 3.27. The lowest BCUT2D eigenvalue weighted by molar-refractivity contribution is 0.196. The van der Waals surface area contributed by atoms with Gasteiger partial charge in [0.15, 0.2) is 3.95 Å². The average molecular weight is 175 g/mol. The minimum absolute atomic E-state index is 0.276. The Labute approximate surface area is 68.5 Å². The van der Waals surface area contributed by atoms with Gasteiger partial charge in [0.1, 0.15) is 0 Å². The molecule has 10 heavy (non-hydrogen) atoms. The number of hydrogen-bond donors (Lipinski definition) is 2. The number of aromatic amines is 1. The van der Waals surface area contributed by atoms with E-state index in [0.717, 1.165) is 8.83 Å². The van der Waals surface area contributed by atoms with Gasteiger partial charge in [0.05, 0.1) is 6.10 Å². The lowest BCUT2D eigenvalue weighted by Gasteiger charge is -1.97. The van der Waals surface area contributed by atoms with E-state index < -0.39 is 0 Å². The second-order valence-electron chi connectivity index (χ2n) is 2.20. The van der Waals surface area contributed by atoms with Crippen LogP contribution in [0.1, 0.15) is 11.8 Å². The molecule has 1 rings (SSSR count). The van der Waals surface area contributed by atoms with Crippen LogP contribution in [0.25, 0.3) is 0 Å². The van der Waals surface area contributed by atoms with Gasteiger partial charge in [-0.15, -0.1) is 11.3 Å². The van der Waals surface area contributed by atoms with Gasteiger partial charge in [0.2, 0.25) is 0 Å². The summed E-state index contributed by atoms with van der Waals surface area (Å²) in [6.07, 6.45) is 2.26. The molecule has 0 amide bonds. The first-order valence-corrected chi connectivity index (χ1v) is 4.26. The van der Waals surface area contributed by atoms with Crippen LogP contribution in [0, 0.1) is 3.95 Å². The summed E-state index contributed by atoms with van der Waals surface area (Å²) in [6.45, 7) is 1.77. The van der Waals surface area contributed by atoms with Gasteiger partial charge in [0.25, 0.3) is 0 Å². The highest BCUT2D eigenvalue weighted by Gasteiger charge is 1.99. The van der Waals surface area contributed by atoms with E-state index in [1.54, 1.807) is 6.92 Å². The minimum atomic E-state index is -0.276. The van der Waals surface area contributed by atoms with Crippen molar-refractivity contribution in [2.24, 2.45) is 0 Å². The standard InChI is InChI=1S/C6H9NOS2/c1-4(8)2-5-3-7-6(9)10-5/h3-4,8H,2H2,1H3,(H,7,9). The summed E-state index contributed by atoms with van der Waals surface area (Å²) in [5.41, 5.74) is 0. The SMILES string of the molecule is CC(O)Cc1c[nH]c(=S)s1. The zero-order valence-corrected chi connectivity index (χ0v) is 7.26. The fourth-order valence-corrected chi connectivity index (χ4v) is 1.89. The number of nitrogens with one attached hydrogen (secondary N) is 1. The third-order valence-corrected chi connectivity index (χ3v) is 2.29. The molecule has 0 aromatic carbocycles. The molecule has 2 N–H and O–H groups in total. The molecule has 0 fully saturated rings. The molecule has 0 aliphatic rings. The number of H-pyrrole nitrogens is 1. The van der Waals surface area contributed by atoms with E-state index in [1.807, 2.05) is 6.20 Å². The first kappa shape index (κ1) is 7.91. The highest BCUT2D eigenvalue weighted by Crippen LogP contribution is 2.10. The van der Waals surface area contributed by atoms with Crippen molar-refractivity contribution in [3.05, 3.63) is 15.0 Å². The van der Waals surface area contributed by atoms with E-state index in [0.29, 0.717) is 6.42 Å². The first-order chi connectivity index (χ1) is 4.68. The summed E-state index contributed by atoms with van der Waals surface area (Å²) in [4.78, 5) is 4.01. The lowest BCUT2D eigenvalue weighted by atomic mass is 10.3. The zero-order valence-electron chi connectivity index (χ0n) is 5.63. The van der Waals surface area contributed by atoms with E-state index in [4.69, 9.17) is 17.3 Å². The van der Waals surface area contributed by atoms with Gasteiger partial charge in [-0.25, -0.2) is 0 Å². The van der Waals surface area contributed by atoms with Gasteiger partial charge < -0.3 is 10.1 Å². The van der Waals surface area contributed by atoms with Crippen molar-refractivity contribution in [2.75, 3.05) is 0 Å². The Kier molecular flexibility index (Phi) is 2.59. The molecule has 1 aromatic rings. The molecular formula is C6H9NOS2. The maximum absolute atomic E-state index is 8.97. The Hall–Kier alpha value is -0.190. The van der Waals surface area contributed by atoms with Crippen LogP contribution in [0.4, 0.5) is 0 Å². The van der Waals surface area contributed by atoms with Crippen molar-refractivity contribution in [3.8, 4) is 0 Å². The van der Waals surface area contributed by atoms with Gasteiger partial charge in [-0.1, -0.05) is 0 Å². The largest absolute Gasteiger partial charge is 0.393 e. The summed E-state index contributed by atoms with van der Waals surface area (Å²) in [6, 6.07) is 0. The summed E-state index contributed by atoms with van der Waals surface area (Å²) < 4.78 is 0.774. The third kappa shape index (κ3) is 2.21. The van der Waals surface area contributed by atoms with Crippen molar-refractivity contribution in [2.45, 2.75) is 19.4 Å². The van der Waals surface area contributed by atoms with Crippen LogP contribution in [0.15, 0.2) is 6.20 Å². The van der Waals surface area contributed by atoms with E-state index in [9.17, 15) is 0 Å². The Bertz CT molecular complexity index is 250. The minimum Gasteiger partial charge on any atom is -0.393 e. The van der Waals surface area contributed by atoms with Crippen molar-refractivity contribution < 1.29 is 5.11 Å². The molecule has 1 atom stereocenters. The van der Waals surface area contributed by atoms with Crippen molar-refractivity contribution in [1.82, 2.24) is 4.98 Å². The summed E-state index contributed by atoms with van der Waals surface area (Å²) in [5.74, 6) is 0. The molecule has 1 heterocycles. The Morgan fingerprint density at radius 2 is 2.60 bits per heavy atom. The molecule has 1 aromatic heterocycles. The number of aliphatic hydroxyl groups excluding tert-OH is 1. The molecule has 0 aliphatic heterocycles. The lowest BCUT2D eigenvalue weighted by Crippen LogP contribution is -2.01. The topological polar surface area (TPSA) is 36.0 Å². The molecule has 2 nitrogen and oxygen atoms in total. The van der Waals surface area contributed by atoms with Crippen molar-refractivity contribution >= 4 is 23.6 Å². The number of thiazole rings is 1. The molecule has 4 heteroatoms. The molecule has 0 spiro atoms. The summed E-state index contributed by atoms with van der Waals surface area (Å²) in [7, 11) is 0. The Balaban J connectivity index is 2.67. The monoisotopic (exact) mass is 175 g/mol. The van der Waals surface area contributed by atoms with Gasteiger partial charge in [0, 0.05) is 17.5 Å². The second-order valence-corrected chi connectivity index (χ2v) is 4.00. The number of aliphatic hydroxyl groups is 1. The van der Waals surface area contributed by atoms with Gasteiger partial charge >= 0.3 is 0 Å². The quantitative estimate of drug-likeness (QED) is 0.671. The normalized spacial score (nSPS) is 13.4. The van der Waals surface area contributed by atoms with Crippen LogP contribution in [-0.4, -0.2) is 16.2 Å². The number of rotatable bonds is 2. The van der Waals surface area contributed by atoms with E-state index in [1.165, 1.54) is 11.3 Å². The third-order valence-electron chi connectivity index (χ3n) is 1.07. The molecule has 0 saturated heterocycles. The Morgan fingerprint density at radius 1 is 1.90 bits per heavy atom. The molecule has 0 aliphatic carbocycles. The van der Waals surface area contributed by atoms with Gasteiger partial charge in [-0.2, -0.15) is 0 Å². The Morgan fingerprint density at radius 3 is 3.00 bits per heavy atom. The maximum Gasteiger partial charge on any atom is 0.158 e. The van der Waals surface area contributed by atoms with Crippen molar-refractivity contribution in [1.29, 1.82) is 0 Å². The van der Waals surface area contributed by atoms with E-state index in [2.05, 4.69) is 4.98 Å². The van der Waals surface area contributed by atoms with Crippen LogP contribution < -0.4 is 0 Å². The molecule has 1 unspecified atom stereocenters. The smallest absolute Gasteiger partial charge is 0.158 e. The number of aromatic nitrogens is 1. The van der Waals surface area contributed by atoms with Gasteiger partial charge in [-0.3, -0.25) is 0 Å². The summed E-state index contributed by atoms with van der Waals surface area (Å²) in [5, 5.41) is 8.97. The van der Waals surface area contributed by atoms with Crippen LogP contribution in [0.2, 0.25) is 0 Å². The van der Waals surface area contributed by atoms with Crippen LogP contribution in [0.3, 0.4) is 0 Å². The van der Waals surface area contributed by atoms with E-state index >= 15 is 0 Å². The predicted molar refractivity (Wildman–Crippen MR) is 44.9 cm³/mol. The van der Waals surface area contributed by atoms with Crippen LogP contribution >= 0.6 is 23.6 Å². The first-order valence-electron chi connectivity index (χ1n) is 3.04. The number of hydrogen-bond acceptors (Lipinski definition) is 3. The van der Waals surface area contributed by atoms with E-state index in [-0.39, 0.29) is 6.10 Å². The molecular weight excluding hydrogens is 166 g/mol. The molecule has 0 bridgehead atoms. The average Bonchev–Trinajstić information content (AvgIpc) is 2.13. The predicted octanol–water partition coefficient (Wildman–Crippen LogP) is 1.73. The maximum atomic E-state index is 8.97. The van der Waals surface area contributed by atoms with Gasteiger partial charge in [-0.05, 0) is 19.1 Å². The van der Waals surface area contributed by atoms with Crippen molar-refractivity contribution in [3.63, 3.8) is 0 Å². The highest BCUT2D eigenvalue weighted by atomic mass is 32.1. The summed E-state index contributed by atoms with van der Waals surface area (Å²) >= 11 is 6.38. The zero-order chi connectivity index (χ0) is 7.56. The molecule has 0 saturated carbocycles. The molecule has 0 radical (unpaired) electrons. The van der Waals surface area contributed by atoms with Crippen LogP contribution in [0.5, 0.6) is 0 Å². The fourth-order valence-electron chi connectivity index (χ4n) is 0.709. The molecule has 56 valence electrons. The van der Waals surface area contributed by atoms with Crippen LogP contribution in [-0.2, 0) is 6.42 Å². The highest BCUT2D eigenvalue weighted by molar-refractivity contribution is 7.73. The fraction of sp³-hybridized carbons (Fsp3) is 0.500.